The van der Waals surface area contributed by atoms with Gasteiger partial charge in [-0.1, -0.05) is 30.3 Å². The highest BCUT2D eigenvalue weighted by Crippen LogP contribution is 2.38. The number of likely N-dealkylation sites (tertiary alicyclic amines) is 1. The average Bonchev–Trinajstić information content (AvgIpc) is 3.02. The highest BCUT2D eigenvalue weighted by molar-refractivity contribution is 5.88. The lowest BCUT2D eigenvalue weighted by Crippen LogP contribution is -2.53. The first-order valence-electron chi connectivity index (χ1n) is 9.16. The molecule has 2 aliphatic rings. The highest BCUT2D eigenvalue weighted by Gasteiger charge is 2.45. The van der Waals surface area contributed by atoms with Gasteiger partial charge in [0.1, 0.15) is 5.82 Å². The summed E-state index contributed by atoms with van der Waals surface area (Å²) in [6, 6.07) is 10.4. The Morgan fingerprint density at radius 3 is 2.60 bits per heavy atom. The van der Waals surface area contributed by atoms with Crippen LogP contribution in [0, 0.1) is 6.92 Å². The Labute approximate surface area is 149 Å². The molecule has 0 atom stereocenters. The minimum absolute atomic E-state index is 0.282. The van der Waals surface area contributed by atoms with Gasteiger partial charge in [-0.25, -0.2) is 4.98 Å². The third-order valence-electron chi connectivity index (χ3n) is 5.81. The Morgan fingerprint density at radius 2 is 1.88 bits per heavy atom. The van der Waals surface area contributed by atoms with Crippen LogP contribution in [0.2, 0.25) is 0 Å². The fourth-order valence-corrected chi connectivity index (χ4v) is 4.30. The van der Waals surface area contributed by atoms with Crippen LogP contribution in [0.5, 0.6) is 0 Å². The van der Waals surface area contributed by atoms with Crippen molar-refractivity contribution in [3.05, 3.63) is 53.1 Å². The van der Waals surface area contributed by atoms with Crippen LogP contribution >= 0.6 is 0 Å². The molecule has 0 unspecified atom stereocenters. The van der Waals surface area contributed by atoms with E-state index < -0.39 is 0 Å². The molecule has 25 heavy (non-hydrogen) atoms. The number of imidazole rings is 1. The van der Waals surface area contributed by atoms with Gasteiger partial charge in [0.15, 0.2) is 0 Å². The van der Waals surface area contributed by atoms with Gasteiger partial charge in [0, 0.05) is 13.0 Å². The molecule has 1 aromatic heterocycles. The number of aromatic amines is 1. The van der Waals surface area contributed by atoms with E-state index in [-0.39, 0.29) is 11.3 Å². The fraction of sp³-hybridized carbons (Fsp3) is 0.500. The molecule has 1 N–H and O–H groups in total. The van der Waals surface area contributed by atoms with Crippen LogP contribution in [0.1, 0.15) is 35.6 Å². The van der Waals surface area contributed by atoms with E-state index in [2.05, 4.69) is 46.2 Å². The van der Waals surface area contributed by atoms with Gasteiger partial charge in [-0.15, -0.1) is 0 Å². The minimum atomic E-state index is -0.389. The van der Waals surface area contributed by atoms with Gasteiger partial charge in [-0.2, -0.15) is 0 Å². The van der Waals surface area contributed by atoms with E-state index in [1.807, 2.05) is 17.9 Å². The SMILES string of the molecule is Cc1nc2c([nH]1)CN(C(=O)C1(c3ccccc3)CCN(C)CC1)CC2. The number of fused-ring (bicyclic) bond motifs is 1. The number of aryl methyl sites for hydroxylation is 1. The summed E-state index contributed by atoms with van der Waals surface area (Å²) in [7, 11) is 2.14. The van der Waals surface area contributed by atoms with E-state index in [0.29, 0.717) is 6.54 Å². The number of nitrogens with zero attached hydrogens (tertiary/aromatic N) is 3. The first kappa shape index (κ1) is 16.3. The van der Waals surface area contributed by atoms with Crippen LogP contribution in [0.3, 0.4) is 0 Å². The molecular formula is C20H26N4O. The highest BCUT2D eigenvalue weighted by atomic mass is 16.2. The molecule has 3 heterocycles. The third-order valence-corrected chi connectivity index (χ3v) is 5.81. The first-order valence-corrected chi connectivity index (χ1v) is 9.16. The number of piperidine rings is 1. The van der Waals surface area contributed by atoms with Crippen molar-refractivity contribution in [2.24, 2.45) is 0 Å². The summed E-state index contributed by atoms with van der Waals surface area (Å²) in [6.45, 7) is 5.32. The van der Waals surface area contributed by atoms with Gasteiger partial charge in [0.2, 0.25) is 5.91 Å². The number of H-pyrrole nitrogens is 1. The number of aromatic nitrogens is 2. The van der Waals surface area contributed by atoms with Crippen molar-refractivity contribution in [1.29, 1.82) is 0 Å². The Bertz CT molecular complexity index is 759. The van der Waals surface area contributed by atoms with Gasteiger partial charge in [-0.05, 0) is 45.5 Å². The zero-order chi connectivity index (χ0) is 17.4. The molecule has 1 saturated heterocycles. The van der Waals surface area contributed by atoms with Crippen LogP contribution in [0.25, 0.3) is 0 Å². The third kappa shape index (κ3) is 2.86. The summed E-state index contributed by atoms with van der Waals surface area (Å²) in [5.41, 5.74) is 3.01. The molecule has 0 spiro atoms. The van der Waals surface area contributed by atoms with Crippen molar-refractivity contribution in [2.75, 3.05) is 26.7 Å². The molecule has 0 saturated carbocycles. The van der Waals surface area contributed by atoms with Crippen LogP contribution in [-0.4, -0.2) is 52.4 Å². The Balaban J connectivity index is 1.65. The Morgan fingerprint density at radius 1 is 1.16 bits per heavy atom. The average molecular weight is 338 g/mol. The van der Waals surface area contributed by atoms with Crippen LogP contribution in [0.15, 0.2) is 30.3 Å². The number of hydrogen-bond donors (Lipinski definition) is 1. The maximum atomic E-state index is 13.7. The molecule has 0 aliphatic carbocycles. The Hall–Kier alpha value is -2.14. The van der Waals surface area contributed by atoms with E-state index in [0.717, 1.165) is 56.1 Å². The Kier molecular flexibility index (Phi) is 4.12. The summed E-state index contributed by atoms with van der Waals surface area (Å²) in [5.74, 6) is 1.22. The molecular weight excluding hydrogens is 312 g/mol. The molecule has 2 aromatic rings. The molecule has 0 radical (unpaired) electrons. The molecule has 4 rings (SSSR count). The lowest BCUT2D eigenvalue weighted by molar-refractivity contribution is -0.140. The van der Waals surface area contributed by atoms with Crippen molar-refractivity contribution < 1.29 is 4.79 Å². The summed E-state index contributed by atoms with van der Waals surface area (Å²) < 4.78 is 0. The summed E-state index contributed by atoms with van der Waals surface area (Å²) in [6.07, 6.45) is 2.62. The molecule has 2 aliphatic heterocycles. The molecule has 5 nitrogen and oxygen atoms in total. The molecule has 0 bridgehead atoms. The van der Waals surface area contributed by atoms with Gasteiger partial charge in [-0.3, -0.25) is 4.79 Å². The van der Waals surface area contributed by atoms with Gasteiger partial charge >= 0.3 is 0 Å². The number of amides is 1. The molecule has 1 amide bonds. The van der Waals surface area contributed by atoms with E-state index >= 15 is 0 Å². The molecule has 1 aromatic carbocycles. The standard InChI is InChI=1S/C20H26N4O/c1-15-21-17-8-11-24(14-18(17)22-15)19(25)20(9-12-23(2)13-10-20)16-6-4-3-5-7-16/h3-7H,8-14H2,1-2H3,(H,21,22). The summed E-state index contributed by atoms with van der Waals surface area (Å²) in [4.78, 5) is 25.9. The number of rotatable bonds is 2. The predicted molar refractivity (Wildman–Crippen MR) is 97.3 cm³/mol. The van der Waals surface area contributed by atoms with Crippen LogP contribution < -0.4 is 0 Å². The van der Waals surface area contributed by atoms with Crippen molar-refractivity contribution in [3.8, 4) is 0 Å². The maximum Gasteiger partial charge on any atom is 0.233 e. The summed E-state index contributed by atoms with van der Waals surface area (Å²) in [5, 5.41) is 0. The number of carbonyl (C=O) groups excluding carboxylic acids is 1. The van der Waals surface area contributed by atoms with E-state index in [9.17, 15) is 4.79 Å². The van der Waals surface area contributed by atoms with Gasteiger partial charge < -0.3 is 14.8 Å². The molecule has 1 fully saturated rings. The largest absolute Gasteiger partial charge is 0.344 e. The van der Waals surface area contributed by atoms with Gasteiger partial charge in [0.05, 0.1) is 23.3 Å². The van der Waals surface area contributed by atoms with Crippen LogP contribution in [0.4, 0.5) is 0 Å². The predicted octanol–water partition coefficient (Wildman–Crippen LogP) is 2.27. The lowest BCUT2D eigenvalue weighted by Gasteiger charge is -2.43. The smallest absolute Gasteiger partial charge is 0.233 e. The second kappa shape index (κ2) is 6.30. The fourth-order valence-electron chi connectivity index (χ4n) is 4.30. The number of nitrogens with one attached hydrogen (secondary N) is 1. The minimum Gasteiger partial charge on any atom is -0.344 e. The van der Waals surface area contributed by atoms with Gasteiger partial charge in [0.25, 0.3) is 0 Å². The molecule has 5 heteroatoms. The van der Waals surface area contributed by atoms with E-state index in [1.54, 1.807) is 0 Å². The quantitative estimate of drug-likeness (QED) is 0.914. The topological polar surface area (TPSA) is 52.2 Å². The second-order valence-electron chi connectivity index (χ2n) is 7.48. The van der Waals surface area contributed by atoms with Crippen molar-refractivity contribution >= 4 is 5.91 Å². The lowest BCUT2D eigenvalue weighted by atomic mass is 9.71. The normalized spacial score (nSPS) is 20.3. The monoisotopic (exact) mass is 338 g/mol. The summed E-state index contributed by atoms with van der Waals surface area (Å²) >= 11 is 0. The van der Waals surface area contributed by atoms with Crippen molar-refractivity contribution in [3.63, 3.8) is 0 Å². The number of carbonyl (C=O) groups is 1. The zero-order valence-electron chi connectivity index (χ0n) is 15.1. The first-order chi connectivity index (χ1) is 12.1. The van der Waals surface area contributed by atoms with Crippen molar-refractivity contribution in [2.45, 2.75) is 38.1 Å². The van der Waals surface area contributed by atoms with E-state index in [1.165, 1.54) is 5.56 Å². The van der Waals surface area contributed by atoms with Crippen LogP contribution in [-0.2, 0) is 23.2 Å². The maximum absolute atomic E-state index is 13.7. The zero-order valence-corrected chi connectivity index (χ0v) is 15.1. The number of benzene rings is 1. The molecule has 132 valence electrons. The van der Waals surface area contributed by atoms with E-state index in [4.69, 9.17) is 0 Å². The van der Waals surface area contributed by atoms with Crippen molar-refractivity contribution in [1.82, 2.24) is 19.8 Å². The number of hydrogen-bond acceptors (Lipinski definition) is 3. The second-order valence-corrected chi connectivity index (χ2v) is 7.48.